The Kier molecular flexibility index (Phi) is 2.82. The van der Waals surface area contributed by atoms with E-state index < -0.39 is 6.17 Å². The molecule has 0 N–H and O–H groups in total. The summed E-state index contributed by atoms with van der Waals surface area (Å²) >= 11 is 5.66. The minimum atomic E-state index is -0.761. The fourth-order valence-electron chi connectivity index (χ4n) is 1.58. The summed E-state index contributed by atoms with van der Waals surface area (Å²) in [5.41, 5.74) is 0. The molecule has 0 aliphatic carbocycles. The number of aromatic nitrogens is 2. The van der Waals surface area contributed by atoms with Crippen LogP contribution in [0.5, 0.6) is 0 Å². The lowest BCUT2D eigenvalue weighted by molar-refractivity contribution is 0.285. The Morgan fingerprint density at radius 2 is 2.14 bits per heavy atom. The highest BCUT2D eigenvalue weighted by Crippen LogP contribution is 2.18. The molecule has 3 nitrogen and oxygen atoms in total. The van der Waals surface area contributed by atoms with Gasteiger partial charge in [0.25, 0.3) is 0 Å². The number of piperidine rings is 1. The van der Waals surface area contributed by atoms with E-state index in [1.165, 1.54) is 12.4 Å². The molecular weight excluding hydrogens is 205 g/mol. The van der Waals surface area contributed by atoms with Crippen LogP contribution in [-0.2, 0) is 0 Å². The highest BCUT2D eigenvalue weighted by molar-refractivity contribution is 6.30. The maximum atomic E-state index is 13.1. The number of hydrogen-bond acceptors (Lipinski definition) is 3. The van der Waals surface area contributed by atoms with E-state index in [1.807, 2.05) is 4.90 Å². The average Bonchev–Trinajstić information content (AvgIpc) is 2.19. The Balaban J connectivity index is 2.10. The maximum absolute atomic E-state index is 13.1. The molecule has 0 radical (unpaired) electrons. The van der Waals surface area contributed by atoms with Gasteiger partial charge in [0, 0.05) is 6.54 Å². The molecule has 2 rings (SSSR count). The van der Waals surface area contributed by atoms with Crippen molar-refractivity contribution < 1.29 is 4.39 Å². The van der Waals surface area contributed by atoms with Crippen LogP contribution >= 0.6 is 11.6 Å². The number of alkyl halides is 1. The summed E-state index contributed by atoms with van der Waals surface area (Å²) in [6.45, 7) is 1.21. The monoisotopic (exact) mass is 215 g/mol. The molecule has 76 valence electrons. The summed E-state index contributed by atoms with van der Waals surface area (Å²) in [5, 5.41) is 0.502. The van der Waals surface area contributed by atoms with Crippen molar-refractivity contribution >= 4 is 17.5 Å². The largest absolute Gasteiger partial charge is 0.338 e. The van der Waals surface area contributed by atoms with Crippen molar-refractivity contribution in [3.05, 3.63) is 17.4 Å². The van der Waals surface area contributed by atoms with Gasteiger partial charge in [-0.05, 0) is 12.8 Å². The van der Waals surface area contributed by atoms with Crippen LogP contribution in [-0.4, -0.2) is 29.2 Å². The van der Waals surface area contributed by atoms with Crippen molar-refractivity contribution in [1.82, 2.24) is 9.97 Å². The van der Waals surface area contributed by atoms with E-state index in [0.29, 0.717) is 23.9 Å². The molecule has 1 atom stereocenters. The predicted molar refractivity (Wildman–Crippen MR) is 53.4 cm³/mol. The molecule has 5 heteroatoms. The molecule has 0 saturated carbocycles. The van der Waals surface area contributed by atoms with Gasteiger partial charge in [-0.2, -0.15) is 0 Å². The molecule has 0 aromatic carbocycles. The fourth-order valence-corrected chi connectivity index (χ4v) is 1.67. The highest BCUT2D eigenvalue weighted by Gasteiger charge is 2.20. The zero-order valence-corrected chi connectivity index (χ0v) is 8.41. The molecule has 1 aliphatic heterocycles. The maximum Gasteiger partial charge on any atom is 0.225 e. The summed E-state index contributed by atoms with van der Waals surface area (Å²) in [5.74, 6) is 0.566. The predicted octanol–water partition coefficient (Wildman–Crippen LogP) is 2.07. The van der Waals surface area contributed by atoms with Crippen molar-refractivity contribution in [1.29, 1.82) is 0 Å². The van der Waals surface area contributed by atoms with Gasteiger partial charge in [0.15, 0.2) is 0 Å². The fraction of sp³-hybridized carbons (Fsp3) is 0.556. The van der Waals surface area contributed by atoms with Crippen molar-refractivity contribution in [2.45, 2.75) is 19.0 Å². The van der Waals surface area contributed by atoms with E-state index in [4.69, 9.17) is 11.6 Å². The van der Waals surface area contributed by atoms with Gasteiger partial charge in [-0.1, -0.05) is 11.6 Å². The minimum absolute atomic E-state index is 0.391. The Morgan fingerprint density at radius 1 is 1.43 bits per heavy atom. The van der Waals surface area contributed by atoms with Gasteiger partial charge in [0.2, 0.25) is 5.95 Å². The van der Waals surface area contributed by atoms with Gasteiger partial charge in [-0.3, -0.25) is 0 Å². The van der Waals surface area contributed by atoms with Gasteiger partial charge in [0.1, 0.15) is 6.17 Å². The lowest BCUT2D eigenvalue weighted by Crippen LogP contribution is -2.37. The minimum Gasteiger partial charge on any atom is -0.338 e. The molecule has 1 aromatic rings. The van der Waals surface area contributed by atoms with Crippen LogP contribution in [0.1, 0.15) is 12.8 Å². The second kappa shape index (κ2) is 4.09. The Hall–Kier alpha value is -0.900. The molecular formula is C9H11ClFN3. The van der Waals surface area contributed by atoms with Crippen LogP contribution < -0.4 is 4.90 Å². The lowest BCUT2D eigenvalue weighted by Gasteiger charge is -2.28. The van der Waals surface area contributed by atoms with Crippen LogP contribution in [0.15, 0.2) is 12.4 Å². The van der Waals surface area contributed by atoms with Crippen LogP contribution in [0.2, 0.25) is 5.02 Å². The number of anilines is 1. The third-order valence-corrected chi connectivity index (χ3v) is 2.45. The van der Waals surface area contributed by atoms with Gasteiger partial charge in [-0.15, -0.1) is 0 Å². The topological polar surface area (TPSA) is 29.0 Å². The van der Waals surface area contributed by atoms with Gasteiger partial charge < -0.3 is 4.90 Å². The number of nitrogens with zero attached hydrogens (tertiary/aromatic N) is 3. The zero-order chi connectivity index (χ0) is 9.97. The van der Waals surface area contributed by atoms with Crippen LogP contribution in [0.3, 0.4) is 0 Å². The van der Waals surface area contributed by atoms with Crippen molar-refractivity contribution in [2.75, 3.05) is 18.0 Å². The van der Waals surface area contributed by atoms with Gasteiger partial charge >= 0.3 is 0 Å². The lowest BCUT2D eigenvalue weighted by atomic mass is 10.1. The standard InChI is InChI=1S/C9H11ClFN3/c10-7-4-12-9(13-5-7)14-3-1-2-8(11)6-14/h4-5,8H,1-3,6H2/t8-/m0/s1. The first-order valence-corrected chi connectivity index (χ1v) is 5.00. The molecule has 0 amide bonds. The molecule has 2 heterocycles. The summed E-state index contributed by atoms with van der Waals surface area (Å²) in [6.07, 6.45) is 3.80. The van der Waals surface area contributed by atoms with Gasteiger partial charge in [-0.25, -0.2) is 14.4 Å². The van der Waals surface area contributed by atoms with Gasteiger partial charge in [0.05, 0.1) is 24.0 Å². The normalized spacial score (nSPS) is 22.4. The first-order chi connectivity index (χ1) is 6.75. The van der Waals surface area contributed by atoms with Crippen LogP contribution in [0.25, 0.3) is 0 Å². The summed E-state index contributed by atoms with van der Waals surface area (Å²) in [6, 6.07) is 0. The van der Waals surface area contributed by atoms with Crippen LogP contribution in [0, 0.1) is 0 Å². The molecule has 0 unspecified atom stereocenters. The van der Waals surface area contributed by atoms with E-state index in [1.54, 1.807) is 0 Å². The van der Waals surface area contributed by atoms with E-state index in [9.17, 15) is 4.39 Å². The van der Waals surface area contributed by atoms with Crippen molar-refractivity contribution in [2.24, 2.45) is 0 Å². The summed E-state index contributed by atoms with van der Waals surface area (Å²) < 4.78 is 13.1. The second-order valence-electron chi connectivity index (χ2n) is 3.39. The first-order valence-electron chi connectivity index (χ1n) is 4.62. The third kappa shape index (κ3) is 2.12. The Morgan fingerprint density at radius 3 is 2.79 bits per heavy atom. The van der Waals surface area contributed by atoms with Crippen molar-refractivity contribution in [3.8, 4) is 0 Å². The number of hydrogen-bond donors (Lipinski definition) is 0. The molecule has 14 heavy (non-hydrogen) atoms. The van der Waals surface area contributed by atoms with E-state index in [-0.39, 0.29) is 0 Å². The zero-order valence-electron chi connectivity index (χ0n) is 7.66. The molecule has 1 saturated heterocycles. The summed E-state index contributed by atoms with van der Waals surface area (Å²) in [4.78, 5) is 9.96. The molecule has 1 aliphatic rings. The Bertz CT molecular complexity index is 303. The third-order valence-electron chi connectivity index (χ3n) is 2.25. The SMILES string of the molecule is F[C@H]1CCCN(c2ncc(Cl)cn2)C1. The van der Waals surface area contributed by atoms with E-state index in [2.05, 4.69) is 9.97 Å². The van der Waals surface area contributed by atoms with Crippen molar-refractivity contribution in [3.63, 3.8) is 0 Å². The Labute approximate surface area is 86.9 Å². The highest BCUT2D eigenvalue weighted by atomic mass is 35.5. The number of rotatable bonds is 1. The summed E-state index contributed by atoms with van der Waals surface area (Å²) in [7, 11) is 0. The van der Waals surface area contributed by atoms with Crippen LogP contribution in [0.4, 0.5) is 10.3 Å². The molecule has 0 bridgehead atoms. The first kappa shape index (κ1) is 9.65. The number of halogens is 2. The average molecular weight is 216 g/mol. The molecule has 0 spiro atoms. The molecule has 1 fully saturated rings. The van der Waals surface area contributed by atoms with E-state index in [0.717, 1.165) is 13.0 Å². The quantitative estimate of drug-likeness (QED) is 0.718. The molecule has 1 aromatic heterocycles. The van der Waals surface area contributed by atoms with E-state index >= 15 is 0 Å². The smallest absolute Gasteiger partial charge is 0.225 e. The second-order valence-corrected chi connectivity index (χ2v) is 3.82.